The zero-order valence-electron chi connectivity index (χ0n) is 11.3. The van der Waals surface area contributed by atoms with Gasteiger partial charge in [-0.1, -0.05) is 26.7 Å². The van der Waals surface area contributed by atoms with Crippen molar-refractivity contribution in [2.75, 3.05) is 0 Å². The summed E-state index contributed by atoms with van der Waals surface area (Å²) < 4.78 is 11.0. The highest BCUT2D eigenvalue weighted by molar-refractivity contribution is 5.71. The van der Waals surface area contributed by atoms with E-state index in [-0.39, 0.29) is 18.1 Å². The van der Waals surface area contributed by atoms with Crippen LogP contribution in [-0.4, -0.2) is 35.5 Å². The molecule has 0 aromatic heterocycles. The Morgan fingerprint density at radius 3 is 2.50 bits per heavy atom. The molecule has 5 atom stereocenters. The fraction of sp³-hybridized carbons (Fsp3) is 0.929. The number of hydrogen-bond donors (Lipinski definition) is 1. The molecule has 2 heterocycles. The van der Waals surface area contributed by atoms with Crippen LogP contribution in [0, 0.1) is 5.92 Å². The minimum Gasteiger partial charge on any atom is -0.481 e. The first kappa shape index (κ1) is 13.8. The van der Waals surface area contributed by atoms with Crippen molar-refractivity contribution in [2.45, 2.75) is 76.8 Å². The van der Waals surface area contributed by atoms with E-state index in [1.165, 1.54) is 0 Å². The summed E-state index contributed by atoms with van der Waals surface area (Å²) in [5.41, 5.74) is 0. The lowest BCUT2D eigenvalue weighted by Crippen LogP contribution is -2.22. The highest BCUT2D eigenvalue weighted by Gasteiger charge is 2.48. The normalized spacial score (nSPS) is 35.2. The van der Waals surface area contributed by atoms with Gasteiger partial charge in [0.2, 0.25) is 0 Å². The van der Waals surface area contributed by atoms with E-state index in [2.05, 4.69) is 13.8 Å². The zero-order valence-corrected chi connectivity index (χ0v) is 11.3. The third kappa shape index (κ3) is 3.45. The summed E-state index contributed by atoms with van der Waals surface area (Å²) >= 11 is 0. The van der Waals surface area contributed by atoms with Crippen molar-refractivity contribution in [1.29, 1.82) is 0 Å². The Kier molecular flexibility index (Phi) is 4.62. The lowest BCUT2D eigenvalue weighted by molar-refractivity contribution is -0.142. The Bertz CT molecular complexity index is 292. The molecule has 2 aliphatic rings. The molecule has 18 heavy (non-hydrogen) atoms. The van der Waals surface area contributed by atoms with Gasteiger partial charge in [-0.3, -0.25) is 4.79 Å². The summed E-state index contributed by atoms with van der Waals surface area (Å²) in [6.45, 7) is 4.24. The smallest absolute Gasteiger partial charge is 0.309 e. The Balaban J connectivity index is 1.71. The minimum atomic E-state index is -0.715. The van der Waals surface area contributed by atoms with Crippen LogP contribution in [0.1, 0.15) is 52.4 Å². The lowest BCUT2D eigenvalue weighted by atomic mass is 9.94. The number of hydrogen-bond acceptors (Lipinski definition) is 3. The molecule has 2 aliphatic heterocycles. The van der Waals surface area contributed by atoms with Crippen molar-refractivity contribution in [1.82, 2.24) is 0 Å². The fourth-order valence-electron chi connectivity index (χ4n) is 2.71. The van der Waals surface area contributed by atoms with Crippen molar-refractivity contribution in [3.8, 4) is 0 Å². The average Bonchev–Trinajstić information content (AvgIpc) is 3.22. The van der Waals surface area contributed by atoms with Gasteiger partial charge in [0.15, 0.2) is 0 Å². The van der Waals surface area contributed by atoms with Gasteiger partial charge in [-0.25, -0.2) is 0 Å². The van der Waals surface area contributed by atoms with Gasteiger partial charge in [-0.15, -0.1) is 0 Å². The molecule has 0 radical (unpaired) electrons. The Labute approximate surface area is 109 Å². The van der Waals surface area contributed by atoms with Gasteiger partial charge in [0, 0.05) is 0 Å². The van der Waals surface area contributed by atoms with Crippen molar-refractivity contribution in [3.63, 3.8) is 0 Å². The Morgan fingerprint density at radius 2 is 1.94 bits per heavy atom. The van der Waals surface area contributed by atoms with Crippen LogP contribution in [0.5, 0.6) is 0 Å². The van der Waals surface area contributed by atoms with Gasteiger partial charge >= 0.3 is 5.97 Å². The molecule has 2 fully saturated rings. The van der Waals surface area contributed by atoms with Crippen LogP contribution in [0.15, 0.2) is 0 Å². The van der Waals surface area contributed by atoms with Crippen LogP contribution in [0.2, 0.25) is 0 Å². The number of carboxylic acid groups (broad SMARTS) is 1. The molecule has 0 bridgehead atoms. The lowest BCUT2D eigenvalue weighted by Gasteiger charge is -2.08. The van der Waals surface area contributed by atoms with Crippen LogP contribution in [0.4, 0.5) is 0 Å². The Hall–Kier alpha value is -0.610. The number of carbonyl (C=O) groups is 1. The number of carboxylic acids is 1. The van der Waals surface area contributed by atoms with Crippen LogP contribution in [-0.2, 0) is 14.3 Å². The van der Waals surface area contributed by atoms with Crippen molar-refractivity contribution < 1.29 is 19.4 Å². The van der Waals surface area contributed by atoms with Crippen molar-refractivity contribution in [2.24, 2.45) is 5.92 Å². The summed E-state index contributed by atoms with van der Waals surface area (Å²) in [4.78, 5) is 11.3. The molecule has 4 nitrogen and oxygen atoms in total. The van der Waals surface area contributed by atoms with Crippen molar-refractivity contribution in [3.05, 3.63) is 0 Å². The van der Waals surface area contributed by atoms with Crippen LogP contribution in [0.25, 0.3) is 0 Å². The predicted molar refractivity (Wildman–Crippen MR) is 67.5 cm³/mol. The average molecular weight is 256 g/mol. The first-order valence-electron chi connectivity index (χ1n) is 7.21. The summed E-state index contributed by atoms with van der Waals surface area (Å²) in [6.07, 6.45) is 6.64. The van der Waals surface area contributed by atoms with Crippen LogP contribution in [0.3, 0.4) is 0 Å². The Morgan fingerprint density at radius 1 is 1.17 bits per heavy atom. The minimum absolute atomic E-state index is 0.0483. The van der Waals surface area contributed by atoms with Crippen LogP contribution < -0.4 is 0 Å². The fourth-order valence-corrected chi connectivity index (χ4v) is 2.71. The first-order chi connectivity index (χ1) is 8.67. The van der Waals surface area contributed by atoms with E-state index in [0.717, 1.165) is 32.1 Å². The third-order valence-electron chi connectivity index (χ3n) is 4.03. The molecule has 0 aliphatic carbocycles. The number of rotatable bonds is 9. The van der Waals surface area contributed by atoms with E-state index >= 15 is 0 Å². The highest BCUT2D eigenvalue weighted by Crippen LogP contribution is 2.38. The first-order valence-corrected chi connectivity index (χ1v) is 7.21. The van der Waals surface area contributed by atoms with Gasteiger partial charge in [-0.05, 0) is 25.7 Å². The van der Waals surface area contributed by atoms with Gasteiger partial charge in [0.05, 0.1) is 30.3 Å². The molecule has 4 heteroatoms. The zero-order chi connectivity index (χ0) is 13.1. The van der Waals surface area contributed by atoms with E-state index in [0.29, 0.717) is 18.6 Å². The molecule has 5 unspecified atom stereocenters. The number of epoxide rings is 2. The maximum absolute atomic E-state index is 11.3. The molecule has 2 rings (SSSR count). The van der Waals surface area contributed by atoms with E-state index in [1.54, 1.807) is 0 Å². The maximum atomic E-state index is 11.3. The predicted octanol–water partition coefficient (Wildman–Crippen LogP) is 2.60. The number of ether oxygens (including phenoxy) is 2. The van der Waals surface area contributed by atoms with Gasteiger partial charge in [0.1, 0.15) is 0 Å². The van der Waals surface area contributed by atoms with Gasteiger partial charge in [-0.2, -0.15) is 0 Å². The molecule has 2 saturated heterocycles. The second-order valence-corrected chi connectivity index (χ2v) is 5.42. The van der Waals surface area contributed by atoms with E-state index in [9.17, 15) is 9.90 Å². The second-order valence-electron chi connectivity index (χ2n) is 5.42. The molecule has 0 aromatic rings. The van der Waals surface area contributed by atoms with Crippen LogP contribution >= 0.6 is 0 Å². The molecule has 0 spiro atoms. The summed E-state index contributed by atoms with van der Waals surface area (Å²) in [6, 6.07) is 0. The largest absolute Gasteiger partial charge is 0.481 e. The van der Waals surface area contributed by atoms with Gasteiger partial charge in [0.25, 0.3) is 0 Å². The highest BCUT2D eigenvalue weighted by atomic mass is 16.6. The quantitative estimate of drug-likeness (QED) is 0.644. The van der Waals surface area contributed by atoms with Crippen molar-refractivity contribution >= 4 is 5.97 Å². The molecule has 0 amide bonds. The topological polar surface area (TPSA) is 62.4 Å². The molecular weight excluding hydrogens is 232 g/mol. The SMILES string of the molecule is CCCCC1OC1C(CCC1OC1CC)C(=O)O. The maximum Gasteiger partial charge on any atom is 0.309 e. The van der Waals surface area contributed by atoms with E-state index in [1.807, 2.05) is 0 Å². The number of aliphatic carboxylic acids is 1. The second kappa shape index (κ2) is 6.02. The molecule has 1 N–H and O–H groups in total. The third-order valence-corrected chi connectivity index (χ3v) is 4.03. The molecule has 0 aromatic carbocycles. The molecule has 0 saturated carbocycles. The molecule has 104 valence electrons. The number of unbranched alkanes of at least 4 members (excludes halogenated alkanes) is 1. The monoisotopic (exact) mass is 256 g/mol. The summed E-state index contributed by atoms with van der Waals surface area (Å²) in [5, 5.41) is 9.26. The summed E-state index contributed by atoms with van der Waals surface area (Å²) in [7, 11) is 0. The van der Waals surface area contributed by atoms with Gasteiger partial charge < -0.3 is 14.6 Å². The van der Waals surface area contributed by atoms with E-state index in [4.69, 9.17) is 9.47 Å². The standard InChI is InChI=1S/C14H24O4/c1-3-5-6-12-13(18-12)9(14(15)16)7-8-11-10(4-2)17-11/h9-13H,3-8H2,1-2H3,(H,15,16). The van der Waals surface area contributed by atoms with E-state index < -0.39 is 5.97 Å². The molecular formula is C14H24O4. The summed E-state index contributed by atoms with van der Waals surface area (Å²) in [5.74, 6) is -1.05.